The lowest BCUT2D eigenvalue weighted by Gasteiger charge is -2.36. The van der Waals surface area contributed by atoms with Gasteiger partial charge in [-0.15, -0.1) is 0 Å². The standard InChI is InChI=1S/C15H22F3N3/c1-3-19-11(2)12-6-5-9-21(10-12)14-8-4-7-13(20-14)15(16,17)18/h4,7-8,11-12,19H,3,5-6,9-10H2,1-2H3. The molecule has 1 aromatic heterocycles. The first kappa shape index (κ1) is 16.1. The van der Waals surface area contributed by atoms with E-state index in [1.165, 1.54) is 6.07 Å². The molecule has 1 fully saturated rings. The fraction of sp³-hybridized carbons (Fsp3) is 0.667. The highest BCUT2D eigenvalue weighted by Gasteiger charge is 2.33. The Morgan fingerprint density at radius 3 is 2.86 bits per heavy atom. The highest BCUT2D eigenvalue weighted by molar-refractivity contribution is 5.40. The number of anilines is 1. The second-order valence-corrected chi connectivity index (χ2v) is 5.57. The number of hydrogen-bond donors (Lipinski definition) is 1. The molecular formula is C15H22F3N3. The van der Waals surface area contributed by atoms with Crippen molar-refractivity contribution in [2.75, 3.05) is 24.5 Å². The summed E-state index contributed by atoms with van der Waals surface area (Å²) in [5.41, 5.74) is -0.818. The smallest absolute Gasteiger partial charge is 0.356 e. The molecule has 0 saturated carbocycles. The molecule has 2 unspecified atom stereocenters. The largest absolute Gasteiger partial charge is 0.433 e. The van der Waals surface area contributed by atoms with Crippen molar-refractivity contribution < 1.29 is 13.2 Å². The van der Waals surface area contributed by atoms with E-state index in [-0.39, 0.29) is 0 Å². The minimum Gasteiger partial charge on any atom is -0.356 e. The Morgan fingerprint density at radius 1 is 1.43 bits per heavy atom. The molecule has 1 saturated heterocycles. The first-order valence-electron chi connectivity index (χ1n) is 7.44. The Morgan fingerprint density at radius 2 is 2.19 bits per heavy atom. The fourth-order valence-corrected chi connectivity index (χ4v) is 2.87. The molecule has 118 valence electrons. The predicted octanol–water partition coefficient (Wildman–Crippen LogP) is 3.31. The van der Waals surface area contributed by atoms with Gasteiger partial charge in [-0.1, -0.05) is 13.0 Å². The van der Waals surface area contributed by atoms with E-state index in [0.717, 1.165) is 38.5 Å². The number of pyridine rings is 1. The zero-order valence-corrected chi connectivity index (χ0v) is 12.5. The van der Waals surface area contributed by atoms with Gasteiger partial charge in [-0.3, -0.25) is 0 Å². The molecule has 0 radical (unpaired) electrons. The van der Waals surface area contributed by atoms with Gasteiger partial charge in [-0.25, -0.2) is 4.98 Å². The Hall–Kier alpha value is -1.30. The van der Waals surface area contributed by atoms with Crippen LogP contribution in [0.25, 0.3) is 0 Å². The number of aromatic nitrogens is 1. The van der Waals surface area contributed by atoms with Gasteiger partial charge in [0, 0.05) is 19.1 Å². The maximum Gasteiger partial charge on any atom is 0.433 e. The van der Waals surface area contributed by atoms with E-state index in [1.54, 1.807) is 6.07 Å². The summed E-state index contributed by atoms with van der Waals surface area (Å²) < 4.78 is 38.2. The van der Waals surface area contributed by atoms with Crippen LogP contribution in [-0.4, -0.2) is 30.7 Å². The number of alkyl halides is 3. The van der Waals surface area contributed by atoms with Crippen LogP contribution in [0.3, 0.4) is 0 Å². The van der Waals surface area contributed by atoms with E-state index in [4.69, 9.17) is 0 Å². The summed E-state index contributed by atoms with van der Waals surface area (Å²) in [4.78, 5) is 5.76. The minimum atomic E-state index is -4.39. The predicted molar refractivity (Wildman–Crippen MR) is 77.3 cm³/mol. The molecule has 0 aliphatic carbocycles. The van der Waals surface area contributed by atoms with Crippen LogP contribution < -0.4 is 10.2 Å². The van der Waals surface area contributed by atoms with Gasteiger partial charge in [-0.2, -0.15) is 13.2 Å². The van der Waals surface area contributed by atoms with Gasteiger partial charge >= 0.3 is 6.18 Å². The molecule has 6 heteroatoms. The van der Waals surface area contributed by atoms with Crippen LogP contribution in [0, 0.1) is 5.92 Å². The van der Waals surface area contributed by atoms with Crippen LogP contribution in [0.15, 0.2) is 18.2 Å². The lowest BCUT2D eigenvalue weighted by atomic mass is 9.91. The highest BCUT2D eigenvalue weighted by Crippen LogP contribution is 2.30. The van der Waals surface area contributed by atoms with Crippen molar-refractivity contribution in [2.24, 2.45) is 5.92 Å². The zero-order valence-electron chi connectivity index (χ0n) is 12.5. The van der Waals surface area contributed by atoms with Gasteiger partial charge in [0.2, 0.25) is 0 Å². The van der Waals surface area contributed by atoms with Crippen molar-refractivity contribution in [1.82, 2.24) is 10.3 Å². The van der Waals surface area contributed by atoms with Crippen LogP contribution in [0.2, 0.25) is 0 Å². The lowest BCUT2D eigenvalue weighted by Crippen LogP contribution is -2.44. The molecule has 21 heavy (non-hydrogen) atoms. The summed E-state index contributed by atoms with van der Waals surface area (Å²) >= 11 is 0. The van der Waals surface area contributed by atoms with Crippen molar-refractivity contribution in [3.63, 3.8) is 0 Å². The van der Waals surface area contributed by atoms with Gasteiger partial charge < -0.3 is 10.2 Å². The number of nitrogens with zero attached hydrogens (tertiary/aromatic N) is 2. The maximum atomic E-state index is 12.7. The van der Waals surface area contributed by atoms with Gasteiger partial charge in [0.25, 0.3) is 0 Å². The van der Waals surface area contributed by atoms with Crippen molar-refractivity contribution >= 4 is 5.82 Å². The van der Waals surface area contributed by atoms with Gasteiger partial charge in [0.15, 0.2) is 0 Å². The Kier molecular flexibility index (Phi) is 5.08. The van der Waals surface area contributed by atoms with Crippen LogP contribution in [0.4, 0.5) is 19.0 Å². The fourth-order valence-electron chi connectivity index (χ4n) is 2.87. The maximum absolute atomic E-state index is 12.7. The summed E-state index contributed by atoms with van der Waals surface area (Å²) in [6.45, 7) is 6.62. The second kappa shape index (κ2) is 6.64. The Bertz CT molecular complexity index is 462. The molecule has 2 atom stereocenters. The van der Waals surface area contributed by atoms with Crippen molar-refractivity contribution in [3.8, 4) is 0 Å². The first-order valence-corrected chi connectivity index (χ1v) is 7.44. The molecule has 2 rings (SSSR count). The number of halogens is 3. The average molecular weight is 301 g/mol. The third kappa shape index (κ3) is 4.09. The normalized spacial score (nSPS) is 21.4. The number of piperidine rings is 1. The summed E-state index contributed by atoms with van der Waals surface area (Å²) in [6, 6.07) is 4.48. The van der Waals surface area contributed by atoms with Gasteiger partial charge in [-0.05, 0) is 44.4 Å². The SMILES string of the molecule is CCNC(C)C1CCCN(c2cccc(C(F)(F)F)n2)C1. The van der Waals surface area contributed by atoms with Crippen LogP contribution in [0.5, 0.6) is 0 Å². The second-order valence-electron chi connectivity index (χ2n) is 5.57. The summed E-state index contributed by atoms with van der Waals surface area (Å²) in [7, 11) is 0. The van der Waals surface area contributed by atoms with E-state index < -0.39 is 11.9 Å². The van der Waals surface area contributed by atoms with Crippen molar-refractivity contribution in [2.45, 2.75) is 38.9 Å². The third-order valence-electron chi connectivity index (χ3n) is 4.04. The Labute approximate surface area is 123 Å². The lowest BCUT2D eigenvalue weighted by molar-refractivity contribution is -0.141. The Balaban J connectivity index is 2.11. The third-order valence-corrected chi connectivity index (χ3v) is 4.04. The molecule has 3 nitrogen and oxygen atoms in total. The quantitative estimate of drug-likeness (QED) is 0.925. The first-order chi connectivity index (χ1) is 9.91. The van der Waals surface area contributed by atoms with Crippen LogP contribution in [0.1, 0.15) is 32.4 Å². The van der Waals surface area contributed by atoms with Gasteiger partial charge in [0.1, 0.15) is 11.5 Å². The highest BCUT2D eigenvalue weighted by atomic mass is 19.4. The van der Waals surface area contributed by atoms with Crippen molar-refractivity contribution in [3.05, 3.63) is 23.9 Å². The molecule has 0 amide bonds. The van der Waals surface area contributed by atoms with Gasteiger partial charge in [0.05, 0.1) is 0 Å². The molecule has 0 spiro atoms. The molecule has 2 heterocycles. The van der Waals surface area contributed by atoms with E-state index in [2.05, 4.69) is 24.1 Å². The van der Waals surface area contributed by atoms with Crippen molar-refractivity contribution in [1.29, 1.82) is 0 Å². The summed E-state index contributed by atoms with van der Waals surface area (Å²) in [6.07, 6.45) is -2.30. The molecular weight excluding hydrogens is 279 g/mol. The van der Waals surface area contributed by atoms with E-state index in [9.17, 15) is 13.2 Å². The molecule has 1 aromatic rings. The molecule has 0 bridgehead atoms. The van der Waals surface area contributed by atoms with E-state index in [1.807, 2.05) is 4.90 Å². The minimum absolute atomic E-state index is 0.364. The van der Waals surface area contributed by atoms with E-state index in [0.29, 0.717) is 17.8 Å². The topological polar surface area (TPSA) is 28.2 Å². The zero-order chi connectivity index (χ0) is 15.5. The van der Waals surface area contributed by atoms with Crippen LogP contribution in [-0.2, 0) is 6.18 Å². The number of nitrogens with one attached hydrogen (secondary N) is 1. The molecule has 1 N–H and O–H groups in total. The monoisotopic (exact) mass is 301 g/mol. The van der Waals surface area contributed by atoms with Crippen LogP contribution >= 0.6 is 0 Å². The summed E-state index contributed by atoms with van der Waals surface area (Å²) in [5.74, 6) is 0.869. The van der Waals surface area contributed by atoms with E-state index >= 15 is 0 Å². The number of hydrogen-bond acceptors (Lipinski definition) is 3. The average Bonchev–Trinajstić information content (AvgIpc) is 2.47. The molecule has 1 aliphatic heterocycles. The summed E-state index contributed by atoms with van der Waals surface area (Å²) in [5, 5.41) is 3.40. The molecule has 0 aromatic carbocycles. The number of rotatable bonds is 4. The molecule has 1 aliphatic rings.